The van der Waals surface area contributed by atoms with Gasteiger partial charge in [-0.2, -0.15) is 5.26 Å². The van der Waals surface area contributed by atoms with Crippen LogP contribution in [0.25, 0.3) is 11.1 Å². The molecule has 2 aromatic heterocycles. The second-order valence-corrected chi connectivity index (χ2v) is 6.97. The molecule has 6 nitrogen and oxygen atoms in total. The Hall–Kier alpha value is -3.20. The first kappa shape index (κ1) is 17.2. The van der Waals surface area contributed by atoms with Gasteiger partial charge < -0.3 is 9.47 Å². The lowest BCUT2D eigenvalue weighted by molar-refractivity contribution is 0.555. The number of aromatic nitrogens is 4. The molecule has 136 valence electrons. The molecule has 1 aliphatic rings. The van der Waals surface area contributed by atoms with E-state index in [0.29, 0.717) is 11.5 Å². The van der Waals surface area contributed by atoms with E-state index < -0.39 is 0 Å². The maximum atomic E-state index is 9.72. The van der Waals surface area contributed by atoms with Crippen molar-refractivity contribution in [2.24, 2.45) is 7.05 Å². The highest BCUT2D eigenvalue weighted by Gasteiger charge is 2.24. The van der Waals surface area contributed by atoms with E-state index >= 15 is 0 Å². The van der Waals surface area contributed by atoms with Crippen LogP contribution in [0.2, 0.25) is 0 Å². The third kappa shape index (κ3) is 3.41. The summed E-state index contributed by atoms with van der Waals surface area (Å²) in [5.41, 5.74) is 3.85. The maximum absolute atomic E-state index is 9.72. The van der Waals surface area contributed by atoms with Gasteiger partial charge in [0.15, 0.2) is 0 Å². The average Bonchev–Trinajstić information content (AvgIpc) is 3.00. The largest absolute Gasteiger partial charge is 0.370 e. The van der Waals surface area contributed by atoms with E-state index in [0.717, 1.165) is 55.0 Å². The van der Waals surface area contributed by atoms with Crippen LogP contribution in [0.3, 0.4) is 0 Å². The second kappa shape index (κ2) is 7.58. The van der Waals surface area contributed by atoms with Crippen LogP contribution in [0.1, 0.15) is 36.6 Å². The van der Waals surface area contributed by atoms with Gasteiger partial charge in [0.2, 0.25) is 0 Å². The molecule has 1 saturated heterocycles. The molecule has 3 aromatic rings. The van der Waals surface area contributed by atoms with Crippen LogP contribution in [-0.4, -0.2) is 32.8 Å². The molecule has 0 N–H and O–H groups in total. The predicted molar refractivity (Wildman–Crippen MR) is 104 cm³/mol. The number of benzene rings is 1. The third-order valence-electron chi connectivity index (χ3n) is 5.28. The number of hydrogen-bond donors (Lipinski definition) is 0. The van der Waals surface area contributed by atoms with E-state index in [2.05, 4.69) is 32.2 Å². The number of pyridine rings is 1. The average molecular weight is 358 g/mol. The molecule has 0 bridgehead atoms. The van der Waals surface area contributed by atoms with Crippen molar-refractivity contribution >= 4 is 5.69 Å². The third-order valence-corrected chi connectivity index (χ3v) is 5.28. The first-order valence-electron chi connectivity index (χ1n) is 9.30. The minimum absolute atomic E-state index is 0.401. The SMILES string of the molecule is Cn1cnnc1C1CCCN(c2c(C#N)cccc2-c2cccnc2)CC1. The Balaban J connectivity index is 1.67. The Labute approximate surface area is 159 Å². The minimum Gasteiger partial charge on any atom is -0.370 e. The zero-order chi connectivity index (χ0) is 18.6. The lowest BCUT2D eigenvalue weighted by Crippen LogP contribution is -2.26. The number of anilines is 1. The van der Waals surface area contributed by atoms with Gasteiger partial charge in [0, 0.05) is 49.6 Å². The number of hydrogen-bond acceptors (Lipinski definition) is 5. The van der Waals surface area contributed by atoms with E-state index in [-0.39, 0.29) is 0 Å². The predicted octanol–water partition coefficient (Wildman–Crippen LogP) is 3.52. The van der Waals surface area contributed by atoms with Crippen molar-refractivity contribution in [3.63, 3.8) is 0 Å². The van der Waals surface area contributed by atoms with E-state index in [1.165, 1.54) is 0 Å². The molecule has 1 atom stereocenters. The van der Waals surface area contributed by atoms with Crippen LogP contribution in [0, 0.1) is 11.3 Å². The molecule has 1 unspecified atom stereocenters. The summed E-state index contributed by atoms with van der Waals surface area (Å²) < 4.78 is 2.02. The summed E-state index contributed by atoms with van der Waals surface area (Å²) in [6.07, 6.45) is 8.54. The summed E-state index contributed by atoms with van der Waals surface area (Å²) in [5, 5.41) is 18.1. The van der Waals surface area contributed by atoms with Crippen molar-refractivity contribution in [1.82, 2.24) is 19.7 Å². The van der Waals surface area contributed by atoms with Gasteiger partial charge in [-0.3, -0.25) is 4.98 Å². The fourth-order valence-corrected chi connectivity index (χ4v) is 3.97. The van der Waals surface area contributed by atoms with Gasteiger partial charge in [-0.05, 0) is 31.4 Å². The van der Waals surface area contributed by atoms with Crippen molar-refractivity contribution in [3.8, 4) is 17.2 Å². The first-order chi connectivity index (χ1) is 13.3. The van der Waals surface area contributed by atoms with Gasteiger partial charge in [-0.15, -0.1) is 10.2 Å². The van der Waals surface area contributed by atoms with Crippen LogP contribution >= 0.6 is 0 Å². The van der Waals surface area contributed by atoms with Crippen molar-refractivity contribution in [1.29, 1.82) is 5.26 Å². The minimum atomic E-state index is 0.401. The summed E-state index contributed by atoms with van der Waals surface area (Å²) in [6.45, 7) is 1.82. The summed E-state index contributed by atoms with van der Waals surface area (Å²) >= 11 is 0. The molecular weight excluding hydrogens is 336 g/mol. The Morgan fingerprint density at radius 2 is 2.07 bits per heavy atom. The quantitative estimate of drug-likeness (QED) is 0.716. The number of rotatable bonds is 3. The molecule has 0 spiro atoms. The highest BCUT2D eigenvalue weighted by molar-refractivity contribution is 5.82. The van der Waals surface area contributed by atoms with E-state index in [4.69, 9.17) is 0 Å². The van der Waals surface area contributed by atoms with Crippen molar-refractivity contribution in [3.05, 3.63) is 60.4 Å². The van der Waals surface area contributed by atoms with Gasteiger partial charge in [0.25, 0.3) is 0 Å². The summed E-state index contributed by atoms with van der Waals surface area (Å²) in [4.78, 5) is 6.62. The molecule has 0 aliphatic carbocycles. The lowest BCUT2D eigenvalue weighted by atomic mass is 9.99. The van der Waals surface area contributed by atoms with E-state index in [1.54, 1.807) is 12.5 Å². The fraction of sp³-hybridized carbons (Fsp3) is 0.333. The van der Waals surface area contributed by atoms with Crippen LogP contribution in [0.4, 0.5) is 5.69 Å². The number of nitriles is 1. The van der Waals surface area contributed by atoms with Crippen LogP contribution < -0.4 is 4.90 Å². The molecule has 1 aromatic carbocycles. The topological polar surface area (TPSA) is 70.6 Å². The van der Waals surface area contributed by atoms with Gasteiger partial charge in [-0.1, -0.05) is 18.2 Å². The zero-order valence-corrected chi connectivity index (χ0v) is 15.4. The Bertz CT molecular complexity index is 956. The fourth-order valence-electron chi connectivity index (χ4n) is 3.97. The summed E-state index contributed by atoms with van der Waals surface area (Å²) in [7, 11) is 2.00. The smallest absolute Gasteiger partial charge is 0.135 e. The highest BCUT2D eigenvalue weighted by atomic mass is 15.3. The lowest BCUT2D eigenvalue weighted by Gasteiger charge is -2.27. The van der Waals surface area contributed by atoms with Crippen LogP contribution in [-0.2, 0) is 7.05 Å². The van der Waals surface area contributed by atoms with Gasteiger partial charge in [0.1, 0.15) is 18.2 Å². The molecule has 0 radical (unpaired) electrons. The molecule has 1 aliphatic heterocycles. The molecule has 1 fully saturated rings. The van der Waals surface area contributed by atoms with Crippen molar-refractivity contribution in [2.75, 3.05) is 18.0 Å². The second-order valence-electron chi connectivity index (χ2n) is 6.97. The van der Waals surface area contributed by atoms with Crippen molar-refractivity contribution in [2.45, 2.75) is 25.2 Å². The summed E-state index contributed by atoms with van der Waals surface area (Å²) in [5.74, 6) is 1.46. The monoisotopic (exact) mass is 358 g/mol. The molecule has 0 saturated carbocycles. The Kier molecular flexibility index (Phi) is 4.84. The van der Waals surface area contributed by atoms with Crippen LogP contribution in [0.15, 0.2) is 49.1 Å². The van der Waals surface area contributed by atoms with Crippen LogP contribution in [0.5, 0.6) is 0 Å². The molecular formula is C21H22N6. The Morgan fingerprint density at radius 1 is 1.15 bits per heavy atom. The molecule has 4 rings (SSSR count). The maximum Gasteiger partial charge on any atom is 0.135 e. The summed E-state index contributed by atoms with van der Waals surface area (Å²) in [6, 6.07) is 12.3. The van der Waals surface area contributed by atoms with E-state index in [1.807, 2.05) is 42.1 Å². The normalized spacial score (nSPS) is 17.3. The number of para-hydroxylation sites is 1. The zero-order valence-electron chi connectivity index (χ0n) is 15.4. The number of nitrogens with zero attached hydrogens (tertiary/aromatic N) is 6. The standard InChI is InChI=1S/C21H22N6/c1-26-15-24-25-21(26)16-7-4-11-27(12-9-16)20-17(13-22)5-2-8-19(20)18-6-3-10-23-14-18/h2-3,5-6,8,10,14-16H,4,7,9,11-12H2,1H3. The van der Waals surface area contributed by atoms with Gasteiger partial charge in [0.05, 0.1) is 11.3 Å². The van der Waals surface area contributed by atoms with Gasteiger partial charge in [-0.25, -0.2) is 0 Å². The Morgan fingerprint density at radius 3 is 2.81 bits per heavy atom. The number of aryl methyl sites for hydroxylation is 1. The molecule has 3 heterocycles. The molecule has 6 heteroatoms. The first-order valence-corrected chi connectivity index (χ1v) is 9.30. The molecule has 0 amide bonds. The highest BCUT2D eigenvalue weighted by Crippen LogP contribution is 2.36. The van der Waals surface area contributed by atoms with Gasteiger partial charge >= 0.3 is 0 Å². The van der Waals surface area contributed by atoms with E-state index in [9.17, 15) is 5.26 Å². The molecule has 27 heavy (non-hydrogen) atoms. The van der Waals surface area contributed by atoms with Crippen molar-refractivity contribution < 1.29 is 0 Å².